The number of aromatic nitrogens is 3. The van der Waals surface area contributed by atoms with Gasteiger partial charge in [0.1, 0.15) is 11.5 Å². The summed E-state index contributed by atoms with van der Waals surface area (Å²) in [5.74, 6) is -0.226. The molecule has 25 heavy (non-hydrogen) atoms. The number of thiazole rings is 1. The molecule has 0 radical (unpaired) electrons. The van der Waals surface area contributed by atoms with Gasteiger partial charge in [-0.2, -0.15) is 5.10 Å². The smallest absolute Gasteiger partial charge is 0.272 e. The lowest BCUT2D eigenvalue weighted by molar-refractivity contribution is 0.0734. The Labute approximate surface area is 148 Å². The van der Waals surface area contributed by atoms with Gasteiger partial charge in [0.15, 0.2) is 5.13 Å². The minimum absolute atomic E-state index is 0.0189. The van der Waals surface area contributed by atoms with Crippen LogP contribution in [0.5, 0.6) is 0 Å². The number of carbonyl (C=O) groups excluding carboxylic acids is 1. The Kier molecular flexibility index (Phi) is 4.12. The summed E-state index contributed by atoms with van der Waals surface area (Å²) in [7, 11) is 0. The van der Waals surface area contributed by atoms with Gasteiger partial charge in [0.25, 0.3) is 5.91 Å². The molecule has 1 saturated heterocycles. The first-order chi connectivity index (χ1) is 12.2. The second-order valence-electron chi connectivity index (χ2n) is 5.92. The van der Waals surface area contributed by atoms with Gasteiger partial charge < -0.3 is 9.80 Å². The summed E-state index contributed by atoms with van der Waals surface area (Å²) < 4.78 is 15.9. The predicted molar refractivity (Wildman–Crippen MR) is 95.6 cm³/mol. The van der Waals surface area contributed by atoms with Gasteiger partial charge in [0, 0.05) is 38.9 Å². The topological polar surface area (TPSA) is 54.3 Å². The number of hydrogen-bond donors (Lipinski definition) is 0. The first-order valence-electron chi connectivity index (χ1n) is 8.28. The van der Waals surface area contributed by atoms with Crippen LogP contribution in [0.3, 0.4) is 0 Å². The monoisotopic (exact) mass is 359 g/mol. The van der Waals surface area contributed by atoms with Crippen molar-refractivity contribution in [1.82, 2.24) is 19.7 Å². The number of anilines is 1. The van der Waals surface area contributed by atoms with Gasteiger partial charge in [-0.25, -0.2) is 9.37 Å². The van der Waals surface area contributed by atoms with Gasteiger partial charge >= 0.3 is 0 Å². The molecule has 2 aromatic heterocycles. The molecule has 0 saturated carbocycles. The first-order valence-corrected chi connectivity index (χ1v) is 9.09. The largest absolute Gasteiger partial charge is 0.345 e. The van der Waals surface area contributed by atoms with Crippen molar-refractivity contribution in [2.24, 2.45) is 0 Å². The van der Waals surface area contributed by atoms with Crippen LogP contribution >= 0.6 is 11.3 Å². The van der Waals surface area contributed by atoms with E-state index in [-0.39, 0.29) is 11.7 Å². The fraction of sp³-hybridized carbons (Fsp3) is 0.353. The van der Waals surface area contributed by atoms with Crippen LogP contribution in [0.2, 0.25) is 0 Å². The Morgan fingerprint density at radius 1 is 1.24 bits per heavy atom. The molecule has 3 aromatic rings. The highest BCUT2D eigenvalue weighted by Crippen LogP contribution is 2.30. The number of amides is 1. The molecular formula is C17H18FN5OS. The van der Waals surface area contributed by atoms with Crippen molar-refractivity contribution in [3.8, 4) is 0 Å². The number of carbonyl (C=O) groups is 1. The molecule has 0 unspecified atom stereocenters. The molecule has 0 spiro atoms. The molecule has 3 heterocycles. The van der Waals surface area contributed by atoms with Gasteiger partial charge in [-0.1, -0.05) is 11.3 Å². The molecular weight excluding hydrogens is 341 g/mol. The highest BCUT2D eigenvalue weighted by atomic mass is 32.1. The number of piperazine rings is 1. The Morgan fingerprint density at radius 3 is 2.80 bits per heavy atom. The van der Waals surface area contributed by atoms with Crippen LogP contribution in [0.25, 0.3) is 10.2 Å². The fourth-order valence-corrected chi connectivity index (χ4v) is 4.09. The maximum Gasteiger partial charge on any atom is 0.272 e. The van der Waals surface area contributed by atoms with Crippen LogP contribution in [0.1, 0.15) is 17.4 Å². The molecule has 1 aromatic carbocycles. The van der Waals surface area contributed by atoms with Crippen LogP contribution in [-0.2, 0) is 6.54 Å². The lowest BCUT2D eigenvalue weighted by atomic mass is 10.3. The van der Waals surface area contributed by atoms with Gasteiger partial charge in [-0.15, -0.1) is 0 Å². The van der Waals surface area contributed by atoms with Crippen molar-refractivity contribution in [3.63, 3.8) is 0 Å². The summed E-state index contributed by atoms with van der Waals surface area (Å²) in [5.41, 5.74) is 1.44. The summed E-state index contributed by atoms with van der Waals surface area (Å²) in [5, 5.41) is 5.05. The van der Waals surface area contributed by atoms with Gasteiger partial charge in [-0.3, -0.25) is 9.48 Å². The van der Waals surface area contributed by atoms with E-state index in [2.05, 4.69) is 15.0 Å². The number of aryl methyl sites for hydroxylation is 1. The first kappa shape index (κ1) is 16.0. The fourth-order valence-electron chi connectivity index (χ4n) is 3.05. The second kappa shape index (κ2) is 6.44. The lowest BCUT2D eigenvalue weighted by Gasteiger charge is -2.34. The average Bonchev–Trinajstić information content (AvgIpc) is 3.27. The molecule has 130 valence electrons. The maximum absolute atomic E-state index is 13.3. The van der Waals surface area contributed by atoms with Crippen LogP contribution < -0.4 is 4.90 Å². The minimum Gasteiger partial charge on any atom is -0.345 e. The second-order valence-corrected chi connectivity index (χ2v) is 6.93. The number of hydrogen-bond acceptors (Lipinski definition) is 5. The van der Waals surface area contributed by atoms with E-state index in [0.717, 1.165) is 15.3 Å². The summed E-state index contributed by atoms with van der Waals surface area (Å²) in [6, 6.07) is 6.41. The number of fused-ring (bicyclic) bond motifs is 1. The van der Waals surface area contributed by atoms with Crippen LogP contribution in [0, 0.1) is 5.82 Å². The molecule has 0 aliphatic carbocycles. The molecule has 1 aliphatic rings. The van der Waals surface area contributed by atoms with E-state index in [1.165, 1.54) is 23.5 Å². The zero-order valence-electron chi connectivity index (χ0n) is 13.9. The van der Waals surface area contributed by atoms with E-state index in [1.54, 1.807) is 23.0 Å². The van der Waals surface area contributed by atoms with Crippen LogP contribution in [0.4, 0.5) is 9.52 Å². The van der Waals surface area contributed by atoms with E-state index < -0.39 is 0 Å². The summed E-state index contributed by atoms with van der Waals surface area (Å²) in [6.45, 7) is 5.35. The summed E-state index contributed by atoms with van der Waals surface area (Å²) in [4.78, 5) is 21.2. The quantitative estimate of drug-likeness (QED) is 0.721. The standard InChI is InChI=1S/C17H18FN5OS/c1-2-23-14(5-6-19-23)16(24)21-7-9-22(10-8-21)17-20-13-4-3-12(18)11-15(13)25-17/h3-6,11H,2,7-10H2,1H3. The van der Waals surface area contributed by atoms with Crippen molar-refractivity contribution >= 4 is 32.6 Å². The van der Waals surface area contributed by atoms with E-state index in [0.29, 0.717) is 38.4 Å². The van der Waals surface area contributed by atoms with Crippen LogP contribution in [-0.4, -0.2) is 51.8 Å². The highest BCUT2D eigenvalue weighted by molar-refractivity contribution is 7.22. The Hall–Kier alpha value is -2.48. The molecule has 0 N–H and O–H groups in total. The third-order valence-electron chi connectivity index (χ3n) is 4.41. The van der Waals surface area contributed by atoms with Crippen molar-refractivity contribution in [1.29, 1.82) is 0 Å². The molecule has 0 bridgehead atoms. The minimum atomic E-state index is -0.245. The third kappa shape index (κ3) is 2.97. The molecule has 1 aliphatic heterocycles. The van der Waals surface area contributed by atoms with Crippen molar-refractivity contribution < 1.29 is 9.18 Å². The molecule has 0 atom stereocenters. The van der Waals surface area contributed by atoms with E-state index in [4.69, 9.17) is 0 Å². The SMILES string of the molecule is CCn1nccc1C(=O)N1CCN(c2nc3ccc(F)cc3s2)CC1. The molecule has 1 fully saturated rings. The summed E-state index contributed by atoms with van der Waals surface area (Å²) in [6.07, 6.45) is 1.66. The average molecular weight is 359 g/mol. The number of benzene rings is 1. The van der Waals surface area contributed by atoms with Gasteiger partial charge in [-0.05, 0) is 31.2 Å². The van der Waals surface area contributed by atoms with E-state index in [9.17, 15) is 9.18 Å². The lowest BCUT2D eigenvalue weighted by Crippen LogP contribution is -2.49. The number of halogens is 1. The van der Waals surface area contributed by atoms with Crippen LogP contribution in [0.15, 0.2) is 30.5 Å². The van der Waals surface area contributed by atoms with Gasteiger partial charge in [0.05, 0.1) is 10.2 Å². The third-order valence-corrected chi connectivity index (χ3v) is 5.49. The highest BCUT2D eigenvalue weighted by Gasteiger charge is 2.25. The number of nitrogens with zero attached hydrogens (tertiary/aromatic N) is 5. The molecule has 4 rings (SSSR count). The normalized spacial score (nSPS) is 15.1. The molecule has 8 heteroatoms. The van der Waals surface area contributed by atoms with E-state index in [1.807, 2.05) is 11.8 Å². The molecule has 6 nitrogen and oxygen atoms in total. The number of rotatable bonds is 3. The zero-order valence-corrected chi connectivity index (χ0v) is 14.7. The Balaban J connectivity index is 1.46. The van der Waals surface area contributed by atoms with E-state index >= 15 is 0 Å². The predicted octanol–water partition coefficient (Wildman–Crippen LogP) is 2.61. The summed E-state index contributed by atoms with van der Waals surface area (Å²) >= 11 is 1.49. The molecule has 1 amide bonds. The maximum atomic E-state index is 13.3. The zero-order chi connectivity index (χ0) is 17.4. The van der Waals surface area contributed by atoms with Crippen molar-refractivity contribution in [3.05, 3.63) is 42.0 Å². The van der Waals surface area contributed by atoms with Gasteiger partial charge in [0.2, 0.25) is 0 Å². The Morgan fingerprint density at radius 2 is 2.04 bits per heavy atom. The Bertz CT molecular complexity index is 913. The van der Waals surface area contributed by atoms with Crippen molar-refractivity contribution in [2.75, 3.05) is 31.1 Å². The van der Waals surface area contributed by atoms with Crippen molar-refractivity contribution in [2.45, 2.75) is 13.5 Å².